The molecule has 0 aromatic heterocycles. The second-order valence-electron chi connectivity index (χ2n) is 3.37. The first-order chi connectivity index (χ1) is 7.99. The molecular formula is C12H13F3O2. The van der Waals surface area contributed by atoms with Crippen molar-refractivity contribution < 1.29 is 23.0 Å². The molecule has 1 aromatic rings. The number of halogens is 3. The lowest BCUT2D eigenvalue weighted by atomic mass is 10.1. The molecule has 0 saturated carbocycles. The Morgan fingerprint density at radius 1 is 1.35 bits per heavy atom. The molecule has 0 aliphatic carbocycles. The van der Waals surface area contributed by atoms with Crippen LogP contribution in [0, 0.1) is 0 Å². The fourth-order valence-corrected chi connectivity index (χ4v) is 1.34. The molecule has 17 heavy (non-hydrogen) atoms. The number of ether oxygens (including phenoxy) is 1. The Hall–Kier alpha value is -1.49. The molecule has 0 spiro atoms. The number of benzene rings is 1. The van der Waals surface area contributed by atoms with Crippen LogP contribution in [0.3, 0.4) is 0 Å². The predicted molar refractivity (Wildman–Crippen MR) is 58.7 cm³/mol. The van der Waals surface area contributed by atoms with Crippen LogP contribution < -0.4 is 4.74 Å². The highest BCUT2D eigenvalue weighted by molar-refractivity contribution is 5.54. The molecule has 5 heteroatoms. The minimum absolute atomic E-state index is 0.00820. The second-order valence-corrected chi connectivity index (χ2v) is 3.37. The van der Waals surface area contributed by atoms with E-state index in [2.05, 4.69) is 0 Å². The summed E-state index contributed by atoms with van der Waals surface area (Å²) in [6.07, 6.45) is -0.636. The van der Waals surface area contributed by atoms with Gasteiger partial charge in [0.05, 0.1) is 12.7 Å². The Morgan fingerprint density at radius 2 is 2.06 bits per heavy atom. The summed E-state index contributed by atoms with van der Waals surface area (Å²) in [7, 11) is 1.20. The highest BCUT2D eigenvalue weighted by Gasteiger charge is 2.34. The highest BCUT2D eigenvalue weighted by Crippen LogP contribution is 2.36. The number of aliphatic hydroxyl groups excluding tert-OH is 1. The first kappa shape index (κ1) is 13.6. The Balaban J connectivity index is 3.01. The van der Waals surface area contributed by atoms with Crippen molar-refractivity contribution in [1.82, 2.24) is 0 Å². The number of aliphatic hydroxyl groups is 1. The van der Waals surface area contributed by atoms with Gasteiger partial charge in [-0.2, -0.15) is 13.2 Å². The first-order valence-electron chi connectivity index (χ1n) is 5.01. The summed E-state index contributed by atoms with van der Waals surface area (Å²) in [6.45, 7) is 0.00820. The van der Waals surface area contributed by atoms with Crippen molar-refractivity contribution in [2.75, 3.05) is 13.7 Å². The largest absolute Gasteiger partial charge is 0.496 e. The molecule has 0 aliphatic rings. The van der Waals surface area contributed by atoms with Crippen molar-refractivity contribution in [3.8, 4) is 5.75 Å². The number of alkyl halides is 3. The lowest BCUT2D eigenvalue weighted by molar-refractivity contribution is -0.138. The molecule has 0 aliphatic heterocycles. The van der Waals surface area contributed by atoms with Crippen LogP contribution >= 0.6 is 0 Å². The van der Waals surface area contributed by atoms with Crippen LogP contribution in [0.5, 0.6) is 5.75 Å². The van der Waals surface area contributed by atoms with Gasteiger partial charge in [0.15, 0.2) is 0 Å². The van der Waals surface area contributed by atoms with Gasteiger partial charge in [-0.1, -0.05) is 18.2 Å². The molecular weight excluding hydrogens is 233 g/mol. The van der Waals surface area contributed by atoms with Crippen LogP contribution in [0.1, 0.15) is 17.5 Å². The van der Waals surface area contributed by atoms with E-state index in [1.165, 1.54) is 19.2 Å². The summed E-state index contributed by atoms with van der Waals surface area (Å²) in [5, 5.41) is 8.57. The van der Waals surface area contributed by atoms with Crippen molar-refractivity contribution in [1.29, 1.82) is 0 Å². The molecule has 2 nitrogen and oxygen atoms in total. The van der Waals surface area contributed by atoms with Gasteiger partial charge < -0.3 is 9.84 Å². The summed E-state index contributed by atoms with van der Waals surface area (Å²) >= 11 is 0. The van der Waals surface area contributed by atoms with Crippen LogP contribution in [0.2, 0.25) is 0 Å². The Bertz CT molecular complexity index is 397. The van der Waals surface area contributed by atoms with Crippen molar-refractivity contribution >= 4 is 6.08 Å². The molecule has 0 heterocycles. The molecule has 1 N–H and O–H groups in total. The molecule has 0 radical (unpaired) electrons. The molecule has 94 valence electrons. The van der Waals surface area contributed by atoms with Crippen LogP contribution in [0.15, 0.2) is 24.3 Å². The van der Waals surface area contributed by atoms with Gasteiger partial charge in [-0.3, -0.25) is 0 Å². The topological polar surface area (TPSA) is 29.5 Å². The third kappa shape index (κ3) is 3.78. The van der Waals surface area contributed by atoms with Crippen LogP contribution in [0.25, 0.3) is 6.08 Å². The maximum absolute atomic E-state index is 12.5. The van der Waals surface area contributed by atoms with Gasteiger partial charge >= 0.3 is 6.18 Å². The summed E-state index contributed by atoms with van der Waals surface area (Å²) in [5.74, 6) is -0.205. The van der Waals surface area contributed by atoms with E-state index in [0.29, 0.717) is 12.0 Å². The van der Waals surface area contributed by atoms with Gasteiger partial charge in [-0.25, -0.2) is 0 Å². The van der Waals surface area contributed by atoms with Crippen LogP contribution in [0.4, 0.5) is 13.2 Å². The van der Waals surface area contributed by atoms with E-state index >= 15 is 0 Å². The maximum Gasteiger partial charge on any atom is 0.419 e. The van der Waals surface area contributed by atoms with E-state index in [9.17, 15) is 13.2 Å². The minimum atomic E-state index is -4.42. The number of rotatable bonds is 4. The summed E-state index contributed by atoms with van der Waals surface area (Å²) < 4.78 is 42.3. The van der Waals surface area contributed by atoms with E-state index < -0.39 is 11.7 Å². The monoisotopic (exact) mass is 246 g/mol. The number of hydrogen-bond acceptors (Lipinski definition) is 2. The predicted octanol–water partition coefficient (Wildman–Crippen LogP) is 3.11. The zero-order valence-corrected chi connectivity index (χ0v) is 9.29. The third-order valence-corrected chi connectivity index (χ3v) is 2.14. The minimum Gasteiger partial charge on any atom is -0.496 e. The Labute approximate surface area is 97.3 Å². The summed E-state index contributed by atoms with van der Waals surface area (Å²) in [4.78, 5) is 0. The van der Waals surface area contributed by atoms with Crippen molar-refractivity contribution in [3.05, 3.63) is 35.4 Å². The normalized spacial score (nSPS) is 12.1. The van der Waals surface area contributed by atoms with Gasteiger partial charge in [0, 0.05) is 6.61 Å². The number of methoxy groups -OCH3 is 1. The molecule has 0 amide bonds. The first-order valence-corrected chi connectivity index (χ1v) is 5.01. The van der Waals surface area contributed by atoms with Gasteiger partial charge in [-0.05, 0) is 24.1 Å². The molecule has 0 bridgehead atoms. The zero-order valence-electron chi connectivity index (χ0n) is 9.29. The smallest absolute Gasteiger partial charge is 0.419 e. The lowest BCUT2D eigenvalue weighted by Gasteiger charge is -2.12. The van der Waals surface area contributed by atoms with Crippen molar-refractivity contribution in [2.24, 2.45) is 0 Å². The lowest BCUT2D eigenvalue weighted by Crippen LogP contribution is -2.07. The molecule has 0 fully saturated rings. The second kappa shape index (κ2) is 5.72. The fourth-order valence-electron chi connectivity index (χ4n) is 1.34. The fraction of sp³-hybridized carbons (Fsp3) is 0.333. The number of hydrogen-bond donors (Lipinski definition) is 1. The van der Waals surface area contributed by atoms with E-state index in [-0.39, 0.29) is 12.4 Å². The third-order valence-electron chi connectivity index (χ3n) is 2.14. The quantitative estimate of drug-likeness (QED) is 0.884. The van der Waals surface area contributed by atoms with E-state index in [0.717, 1.165) is 6.07 Å². The Kier molecular flexibility index (Phi) is 4.57. The maximum atomic E-state index is 12.5. The molecule has 0 unspecified atom stereocenters. The standard InChI is InChI=1S/C12H13F3O2/c1-17-11-8-9(4-2-3-7-16)5-6-10(11)12(13,14)15/h2,4-6,8,16H,3,7H2,1H3. The van der Waals surface area contributed by atoms with E-state index in [4.69, 9.17) is 9.84 Å². The average molecular weight is 246 g/mol. The van der Waals surface area contributed by atoms with Gasteiger partial charge in [0.1, 0.15) is 5.75 Å². The highest BCUT2D eigenvalue weighted by atomic mass is 19.4. The summed E-state index contributed by atoms with van der Waals surface area (Å²) in [6, 6.07) is 3.66. The van der Waals surface area contributed by atoms with Gasteiger partial charge in [-0.15, -0.1) is 0 Å². The Morgan fingerprint density at radius 3 is 2.59 bits per heavy atom. The van der Waals surface area contributed by atoms with Gasteiger partial charge in [0.2, 0.25) is 0 Å². The average Bonchev–Trinajstić information content (AvgIpc) is 2.28. The van der Waals surface area contributed by atoms with Crippen LogP contribution in [-0.2, 0) is 6.18 Å². The SMILES string of the molecule is COc1cc(C=CCCO)ccc1C(F)(F)F. The summed E-state index contributed by atoms with van der Waals surface area (Å²) in [5.41, 5.74) is -0.192. The molecule has 1 rings (SSSR count). The van der Waals surface area contributed by atoms with E-state index in [1.54, 1.807) is 12.2 Å². The molecule has 0 atom stereocenters. The molecule has 0 saturated heterocycles. The van der Waals surface area contributed by atoms with Crippen LogP contribution in [-0.4, -0.2) is 18.8 Å². The van der Waals surface area contributed by atoms with Gasteiger partial charge in [0.25, 0.3) is 0 Å². The van der Waals surface area contributed by atoms with Crippen molar-refractivity contribution in [3.63, 3.8) is 0 Å². The van der Waals surface area contributed by atoms with Crippen molar-refractivity contribution in [2.45, 2.75) is 12.6 Å². The zero-order chi connectivity index (χ0) is 12.9. The van der Waals surface area contributed by atoms with E-state index in [1.807, 2.05) is 0 Å². The molecule has 1 aromatic carbocycles.